The maximum absolute atomic E-state index is 12.2. The summed E-state index contributed by atoms with van der Waals surface area (Å²) in [4.78, 5) is 12.2. The Morgan fingerprint density at radius 2 is 1.73 bits per heavy atom. The van der Waals surface area contributed by atoms with Crippen LogP contribution in [-0.2, 0) is 9.53 Å². The molecule has 0 saturated carbocycles. The highest BCUT2D eigenvalue weighted by Gasteiger charge is 2.25. The number of nitriles is 2. The van der Waals surface area contributed by atoms with E-state index in [-0.39, 0.29) is 11.3 Å². The SMILES string of the molecule is COC(=O)C(Oc1cc(C=C(C#N)C#N)ccc1OC)c1ccccc1. The summed E-state index contributed by atoms with van der Waals surface area (Å²) in [5.41, 5.74) is 1.14. The molecular weight excluding hydrogens is 332 g/mol. The molecule has 2 aromatic rings. The van der Waals surface area contributed by atoms with Crippen LogP contribution in [-0.4, -0.2) is 20.2 Å². The second kappa shape index (κ2) is 8.91. The highest BCUT2D eigenvalue weighted by Crippen LogP contribution is 2.33. The highest BCUT2D eigenvalue weighted by molar-refractivity contribution is 5.77. The smallest absolute Gasteiger partial charge is 0.351 e. The summed E-state index contributed by atoms with van der Waals surface area (Å²) < 4.78 is 16.0. The predicted octanol–water partition coefficient (Wildman–Crippen LogP) is 3.42. The number of carbonyl (C=O) groups excluding carboxylic acids is 1. The fourth-order valence-electron chi connectivity index (χ4n) is 2.25. The lowest BCUT2D eigenvalue weighted by atomic mass is 10.1. The van der Waals surface area contributed by atoms with Crippen LogP contribution in [0.25, 0.3) is 6.08 Å². The molecule has 0 aliphatic rings. The van der Waals surface area contributed by atoms with Gasteiger partial charge in [0.05, 0.1) is 14.2 Å². The Morgan fingerprint density at radius 3 is 2.31 bits per heavy atom. The number of carbonyl (C=O) groups is 1. The quantitative estimate of drug-likeness (QED) is 0.587. The van der Waals surface area contributed by atoms with Crippen LogP contribution in [0.1, 0.15) is 17.2 Å². The van der Waals surface area contributed by atoms with Gasteiger partial charge in [-0.2, -0.15) is 10.5 Å². The van der Waals surface area contributed by atoms with Gasteiger partial charge in [-0.05, 0) is 23.8 Å². The average molecular weight is 348 g/mol. The number of allylic oxidation sites excluding steroid dienone is 1. The molecular formula is C20H16N2O4. The largest absolute Gasteiger partial charge is 0.493 e. The molecule has 0 heterocycles. The molecule has 6 nitrogen and oxygen atoms in total. The first-order valence-electron chi connectivity index (χ1n) is 7.62. The molecule has 0 aromatic heterocycles. The summed E-state index contributed by atoms with van der Waals surface area (Å²) in [6.45, 7) is 0. The standard InChI is InChI=1S/C20H16N2O4/c1-24-17-9-8-14(10-15(12-21)13-22)11-18(17)26-19(20(23)25-2)16-6-4-3-5-7-16/h3-11,19H,1-2H3. The topological polar surface area (TPSA) is 92.3 Å². The van der Waals surface area contributed by atoms with E-state index < -0.39 is 12.1 Å². The molecule has 2 aromatic carbocycles. The van der Waals surface area contributed by atoms with Gasteiger partial charge in [-0.25, -0.2) is 4.79 Å². The van der Waals surface area contributed by atoms with E-state index in [1.165, 1.54) is 20.3 Å². The molecule has 6 heteroatoms. The lowest BCUT2D eigenvalue weighted by molar-refractivity contribution is -0.149. The summed E-state index contributed by atoms with van der Waals surface area (Å²) in [5.74, 6) is 0.132. The van der Waals surface area contributed by atoms with E-state index in [4.69, 9.17) is 24.7 Å². The van der Waals surface area contributed by atoms with Crippen LogP contribution in [0, 0.1) is 22.7 Å². The molecule has 1 atom stereocenters. The first kappa shape index (κ1) is 18.6. The van der Waals surface area contributed by atoms with Gasteiger partial charge in [-0.3, -0.25) is 0 Å². The fourth-order valence-corrected chi connectivity index (χ4v) is 2.25. The van der Waals surface area contributed by atoms with Crippen LogP contribution in [0.2, 0.25) is 0 Å². The van der Waals surface area contributed by atoms with Gasteiger partial charge < -0.3 is 14.2 Å². The number of hydrogen-bond donors (Lipinski definition) is 0. The van der Waals surface area contributed by atoms with Crippen LogP contribution in [0.3, 0.4) is 0 Å². The molecule has 0 spiro atoms. The normalized spacial score (nSPS) is 10.6. The third-order valence-corrected chi connectivity index (χ3v) is 3.50. The molecule has 1 unspecified atom stereocenters. The van der Waals surface area contributed by atoms with Gasteiger partial charge in [0.2, 0.25) is 6.10 Å². The number of esters is 1. The van der Waals surface area contributed by atoms with Gasteiger partial charge in [0.25, 0.3) is 0 Å². The number of rotatable bonds is 6. The maximum atomic E-state index is 12.2. The minimum atomic E-state index is -0.985. The molecule has 0 radical (unpaired) electrons. The van der Waals surface area contributed by atoms with Crippen LogP contribution in [0.4, 0.5) is 0 Å². The number of nitrogens with zero attached hydrogens (tertiary/aromatic N) is 2. The Bertz CT molecular complexity index is 876. The Kier molecular flexibility index (Phi) is 6.36. The van der Waals surface area contributed by atoms with Crippen molar-refractivity contribution in [2.45, 2.75) is 6.10 Å². The molecule has 2 rings (SSSR count). The van der Waals surface area contributed by atoms with Gasteiger partial charge in [-0.15, -0.1) is 0 Å². The molecule has 130 valence electrons. The van der Waals surface area contributed by atoms with Crippen molar-refractivity contribution in [3.05, 3.63) is 65.2 Å². The van der Waals surface area contributed by atoms with Gasteiger partial charge >= 0.3 is 5.97 Å². The molecule has 0 fully saturated rings. The molecule has 0 saturated heterocycles. The van der Waals surface area contributed by atoms with Gasteiger partial charge in [0, 0.05) is 5.56 Å². The van der Waals surface area contributed by atoms with Crippen LogP contribution in [0.5, 0.6) is 11.5 Å². The van der Waals surface area contributed by atoms with Gasteiger partial charge in [-0.1, -0.05) is 36.4 Å². The molecule has 0 aliphatic carbocycles. The van der Waals surface area contributed by atoms with Crippen molar-refractivity contribution in [2.24, 2.45) is 0 Å². The molecule has 0 N–H and O–H groups in total. The summed E-state index contributed by atoms with van der Waals surface area (Å²) in [5, 5.41) is 17.8. The lowest BCUT2D eigenvalue weighted by Crippen LogP contribution is -2.20. The average Bonchev–Trinajstić information content (AvgIpc) is 2.70. The zero-order valence-corrected chi connectivity index (χ0v) is 14.3. The number of hydrogen-bond acceptors (Lipinski definition) is 6. The Balaban J connectivity index is 2.45. The van der Waals surface area contributed by atoms with Crippen molar-refractivity contribution in [2.75, 3.05) is 14.2 Å². The second-order valence-electron chi connectivity index (χ2n) is 5.12. The predicted molar refractivity (Wildman–Crippen MR) is 94.0 cm³/mol. The minimum Gasteiger partial charge on any atom is -0.493 e. The van der Waals surface area contributed by atoms with E-state index in [0.717, 1.165) is 0 Å². The highest BCUT2D eigenvalue weighted by atomic mass is 16.6. The fraction of sp³-hybridized carbons (Fsp3) is 0.150. The zero-order valence-electron chi connectivity index (χ0n) is 14.3. The van der Waals surface area contributed by atoms with E-state index >= 15 is 0 Å². The van der Waals surface area contributed by atoms with Gasteiger partial charge in [0.15, 0.2) is 11.5 Å². The summed E-state index contributed by atoms with van der Waals surface area (Å²) in [6.07, 6.45) is 0.433. The van der Waals surface area contributed by atoms with Crippen molar-refractivity contribution in [3.8, 4) is 23.6 Å². The Morgan fingerprint density at radius 1 is 1.04 bits per heavy atom. The second-order valence-corrected chi connectivity index (χ2v) is 5.12. The Hall–Kier alpha value is -3.77. The minimum absolute atomic E-state index is 0.0475. The van der Waals surface area contributed by atoms with E-state index in [1.807, 2.05) is 6.07 Å². The summed E-state index contributed by atoms with van der Waals surface area (Å²) >= 11 is 0. The number of benzene rings is 2. The van der Waals surface area contributed by atoms with Crippen molar-refractivity contribution in [1.82, 2.24) is 0 Å². The first-order valence-corrected chi connectivity index (χ1v) is 7.62. The molecule has 0 bridgehead atoms. The molecule has 0 amide bonds. The van der Waals surface area contributed by atoms with Crippen molar-refractivity contribution >= 4 is 12.0 Å². The third kappa shape index (κ3) is 4.40. The van der Waals surface area contributed by atoms with Crippen molar-refractivity contribution in [1.29, 1.82) is 10.5 Å². The third-order valence-electron chi connectivity index (χ3n) is 3.50. The monoisotopic (exact) mass is 348 g/mol. The van der Waals surface area contributed by atoms with Crippen LogP contribution >= 0.6 is 0 Å². The number of ether oxygens (including phenoxy) is 3. The summed E-state index contributed by atoms with van der Waals surface area (Å²) in [6, 6.07) is 17.4. The van der Waals surface area contributed by atoms with Crippen molar-refractivity contribution < 1.29 is 19.0 Å². The van der Waals surface area contributed by atoms with Gasteiger partial charge in [0.1, 0.15) is 17.7 Å². The molecule has 0 aliphatic heterocycles. The maximum Gasteiger partial charge on any atom is 0.351 e. The molecule has 26 heavy (non-hydrogen) atoms. The van der Waals surface area contributed by atoms with E-state index in [9.17, 15) is 4.79 Å². The van der Waals surface area contributed by atoms with E-state index in [1.54, 1.807) is 54.6 Å². The zero-order chi connectivity index (χ0) is 18.9. The summed E-state index contributed by atoms with van der Waals surface area (Å²) in [7, 11) is 2.76. The Labute approximate surface area is 151 Å². The van der Waals surface area contributed by atoms with E-state index in [0.29, 0.717) is 16.9 Å². The van der Waals surface area contributed by atoms with E-state index in [2.05, 4.69) is 0 Å². The van der Waals surface area contributed by atoms with Crippen LogP contribution < -0.4 is 9.47 Å². The van der Waals surface area contributed by atoms with Crippen LogP contribution in [0.15, 0.2) is 54.1 Å². The first-order chi connectivity index (χ1) is 12.6. The lowest BCUT2D eigenvalue weighted by Gasteiger charge is -2.19. The number of methoxy groups -OCH3 is 2. The van der Waals surface area contributed by atoms with Crippen molar-refractivity contribution in [3.63, 3.8) is 0 Å².